The first kappa shape index (κ1) is 19.2. The van der Waals surface area contributed by atoms with Crippen molar-refractivity contribution in [2.24, 2.45) is 5.73 Å². The monoisotopic (exact) mass is 414 g/mol. The van der Waals surface area contributed by atoms with Crippen molar-refractivity contribution in [2.45, 2.75) is 39.3 Å². The lowest BCUT2D eigenvalue weighted by atomic mass is 9.94. The first-order chi connectivity index (χ1) is 13.2. The molecule has 1 aromatic carbocycles. The van der Waals surface area contributed by atoms with Crippen molar-refractivity contribution in [3.8, 4) is 11.1 Å². The smallest absolute Gasteiger partial charge is 0.242 e. The van der Waals surface area contributed by atoms with Gasteiger partial charge in [-0.05, 0) is 62.1 Å². The van der Waals surface area contributed by atoms with Crippen LogP contribution in [0, 0.1) is 6.92 Å². The van der Waals surface area contributed by atoms with Crippen molar-refractivity contribution in [3.63, 3.8) is 0 Å². The number of hydrogen-bond donors (Lipinski definition) is 2. The summed E-state index contributed by atoms with van der Waals surface area (Å²) in [4.78, 5) is 20.1. The molecule has 0 spiro atoms. The molecule has 0 aliphatic carbocycles. The maximum Gasteiger partial charge on any atom is 0.242 e. The van der Waals surface area contributed by atoms with E-state index in [-0.39, 0.29) is 5.91 Å². The number of pyridine rings is 1. The summed E-state index contributed by atoms with van der Waals surface area (Å²) in [5, 5.41) is 1.88. The molecular weight excluding hydrogens is 392 g/mol. The molecule has 3 aromatic rings. The van der Waals surface area contributed by atoms with Gasteiger partial charge in [0.1, 0.15) is 5.82 Å². The van der Waals surface area contributed by atoms with Crippen LogP contribution in [-0.4, -0.2) is 27.9 Å². The molecule has 0 radical (unpaired) electrons. The highest BCUT2D eigenvalue weighted by Crippen LogP contribution is 2.45. The largest absolute Gasteiger partial charge is 0.384 e. The van der Waals surface area contributed by atoms with Crippen LogP contribution in [0.2, 0.25) is 5.02 Å². The summed E-state index contributed by atoms with van der Waals surface area (Å²) < 4.78 is 1.07. The molecule has 3 heterocycles. The average molecular weight is 415 g/mol. The SMILES string of the molecule is Cc1cc(-c2ccc(N)nc2)c2c3c(sc2c1Cl)CCN(C(=O)C(C)(C)N)C3. The molecule has 1 aliphatic rings. The Morgan fingerprint density at radius 1 is 1.36 bits per heavy atom. The zero-order valence-electron chi connectivity index (χ0n) is 16.2. The summed E-state index contributed by atoms with van der Waals surface area (Å²) >= 11 is 8.40. The van der Waals surface area contributed by atoms with E-state index in [0.717, 1.165) is 43.8 Å². The van der Waals surface area contributed by atoms with Gasteiger partial charge in [0.15, 0.2) is 0 Å². The van der Waals surface area contributed by atoms with Crippen LogP contribution in [0.1, 0.15) is 29.9 Å². The predicted molar refractivity (Wildman–Crippen MR) is 117 cm³/mol. The molecule has 4 N–H and O–H groups in total. The quantitative estimate of drug-likeness (QED) is 0.660. The van der Waals surface area contributed by atoms with E-state index in [0.29, 0.717) is 18.9 Å². The predicted octanol–water partition coefficient (Wildman–Crippen LogP) is 4.13. The first-order valence-electron chi connectivity index (χ1n) is 9.20. The molecular formula is C21H23ClN4OS. The number of aromatic nitrogens is 1. The van der Waals surface area contributed by atoms with Crippen molar-refractivity contribution in [1.82, 2.24) is 9.88 Å². The van der Waals surface area contributed by atoms with Crippen LogP contribution in [0.25, 0.3) is 21.2 Å². The molecule has 0 atom stereocenters. The Morgan fingerprint density at radius 3 is 2.75 bits per heavy atom. The summed E-state index contributed by atoms with van der Waals surface area (Å²) in [6.45, 7) is 6.74. The Balaban J connectivity index is 1.91. The maximum atomic E-state index is 12.8. The number of thiophene rings is 1. The van der Waals surface area contributed by atoms with Crippen molar-refractivity contribution in [2.75, 3.05) is 12.3 Å². The summed E-state index contributed by atoms with van der Waals surface area (Å²) in [5.41, 5.74) is 15.2. The lowest BCUT2D eigenvalue weighted by Gasteiger charge is -2.32. The molecule has 0 saturated carbocycles. The van der Waals surface area contributed by atoms with E-state index in [4.69, 9.17) is 23.1 Å². The normalized spacial score (nSPS) is 14.4. The molecule has 0 bridgehead atoms. The highest BCUT2D eigenvalue weighted by Gasteiger charge is 2.32. The molecule has 0 saturated heterocycles. The minimum Gasteiger partial charge on any atom is -0.384 e. The second kappa shape index (κ2) is 6.72. The van der Waals surface area contributed by atoms with Gasteiger partial charge in [-0.25, -0.2) is 4.98 Å². The van der Waals surface area contributed by atoms with Crippen LogP contribution in [-0.2, 0) is 17.8 Å². The molecule has 2 aromatic heterocycles. The fourth-order valence-electron chi connectivity index (χ4n) is 3.73. The summed E-state index contributed by atoms with van der Waals surface area (Å²) in [6.07, 6.45) is 2.60. The molecule has 5 nitrogen and oxygen atoms in total. The highest BCUT2D eigenvalue weighted by atomic mass is 35.5. The third kappa shape index (κ3) is 3.15. The number of anilines is 1. The Labute approximate surface area is 173 Å². The number of amides is 1. The lowest BCUT2D eigenvalue weighted by molar-refractivity contribution is -0.136. The van der Waals surface area contributed by atoms with Crippen molar-refractivity contribution >= 4 is 44.7 Å². The van der Waals surface area contributed by atoms with Crippen LogP contribution < -0.4 is 11.5 Å². The van der Waals surface area contributed by atoms with Gasteiger partial charge in [0.2, 0.25) is 5.91 Å². The van der Waals surface area contributed by atoms with E-state index < -0.39 is 5.54 Å². The van der Waals surface area contributed by atoms with E-state index in [1.54, 1.807) is 37.4 Å². The highest BCUT2D eigenvalue weighted by molar-refractivity contribution is 7.20. The van der Waals surface area contributed by atoms with Gasteiger partial charge in [0.05, 0.1) is 15.3 Å². The molecule has 4 rings (SSSR count). The Morgan fingerprint density at radius 2 is 2.11 bits per heavy atom. The number of benzene rings is 1. The van der Waals surface area contributed by atoms with Crippen LogP contribution in [0.3, 0.4) is 0 Å². The first-order valence-corrected chi connectivity index (χ1v) is 10.4. The van der Waals surface area contributed by atoms with Crippen LogP contribution in [0.5, 0.6) is 0 Å². The van der Waals surface area contributed by atoms with Gasteiger partial charge >= 0.3 is 0 Å². The zero-order chi connectivity index (χ0) is 20.2. The van der Waals surface area contributed by atoms with Gasteiger partial charge in [-0.2, -0.15) is 0 Å². The minimum absolute atomic E-state index is 0.0357. The van der Waals surface area contributed by atoms with Gasteiger partial charge < -0.3 is 16.4 Å². The van der Waals surface area contributed by atoms with Gasteiger partial charge in [-0.3, -0.25) is 4.79 Å². The van der Waals surface area contributed by atoms with Gasteiger partial charge in [0.25, 0.3) is 0 Å². The number of carbonyl (C=O) groups excluding carboxylic acids is 1. The minimum atomic E-state index is -0.888. The van der Waals surface area contributed by atoms with Crippen LogP contribution in [0.4, 0.5) is 5.82 Å². The van der Waals surface area contributed by atoms with Gasteiger partial charge in [-0.15, -0.1) is 11.3 Å². The lowest BCUT2D eigenvalue weighted by Crippen LogP contribution is -2.52. The Hall–Kier alpha value is -2.15. The van der Waals surface area contributed by atoms with Crippen molar-refractivity contribution in [3.05, 3.63) is 45.4 Å². The van der Waals surface area contributed by atoms with E-state index in [1.165, 1.54) is 4.88 Å². The number of aryl methyl sites for hydroxylation is 1. The Bertz CT molecular complexity index is 1080. The number of nitrogen functional groups attached to an aromatic ring is 1. The molecule has 7 heteroatoms. The molecule has 1 aliphatic heterocycles. The van der Waals surface area contributed by atoms with E-state index in [1.807, 2.05) is 17.9 Å². The second-order valence-electron chi connectivity index (χ2n) is 7.93. The molecule has 28 heavy (non-hydrogen) atoms. The van der Waals surface area contributed by atoms with Crippen molar-refractivity contribution < 1.29 is 4.79 Å². The number of halogens is 1. The number of nitrogens with two attached hydrogens (primary N) is 2. The number of nitrogens with zero attached hydrogens (tertiary/aromatic N) is 2. The van der Waals surface area contributed by atoms with Gasteiger partial charge in [0, 0.05) is 35.1 Å². The third-order valence-corrected chi connectivity index (χ3v) is 7.07. The number of rotatable bonds is 2. The van der Waals surface area contributed by atoms with E-state index in [9.17, 15) is 4.79 Å². The second-order valence-corrected chi connectivity index (χ2v) is 9.42. The third-order valence-electron chi connectivity index (χ3n) is 5.16. The van der Waals surface area contributed by atoms with E-state index in [2.05, 4.69) is 11.1 Å². The van der Waals surface area contributed by atoms with Crippen LogP contribution in [0.15, 0.2) is 24.4 Å². The van der Waals surface area contributed by atoms with Crippen LogP contribution >= 0.6 is 22.9 Å². The summed E-state index contributed by atoms with van der Waals surface area (Å²) in [6, 6.07) is 5.87. The molecule has 1 amide bonds. The molecule has 146 valence electrons. The maximum absolute atomic E-state index is 12.8. The standard InChI is InChI=1S/C21H23ClN4OS/c1-11-8-13(12-4-5-16(23)25-9-12)17-14-10-26(20(27)21(2,3)24)7-6-15(14)28-19(17)18(11)22/h4-5,8-9H,6-7,10,24H2,1-3H3,(H2,23,25). The number of hydrogen-bond acceptors (Lipinski definition) is 5. The molecule has 0 unspecified atom stereocenters. The van der Waals surface area contributed by atoms with E-state index >= 15 is 0 Å². The average Bonchev–Trinajstić information content (AvgIpc) is 3.03. The fraction of sp³-hybridized carbons (Fsp3) is 0.333. The Kier molecular flexibility index (Phi) is 4.61. The van der Waals surface area contributed by atoms with Crippen molar-refractivity contribution in [1.29, 1.82) is 0 Å². The number of carbonyl (C=O) groups is 1. The van der Waals surface area contributed by atoms with Gasteiger partial charge in [-0.1, -0.05) is 11.6 Å². The summed E-state index contributed by atoms with van der Waals surface area (Å²) in [7, 11) is 0. The zero-order valence-corrected chi connectivity index (χ0v) is 17.7. The topological polar surface area (TPSA) is 85.2 Å². The fourth-order valence-corrected chi connectivity index (χ4v) is 5.31. The summed E-state index contributed by atoms with van der Waals surface area (Å²) in [5.74, 6) is 0.450. The molecule has 0 fully saturated rings. The number of fused-ring (bicyclic) bond motifs is 3.